The van der Waals surface area contributed by atoms with E-state index >= 15 is 0 Å². The molecule has 4 rings (SSSR count). The number of methoxy groups -OCH3 is 1. The summed E-state index contributed by atoms with van der Waals surface area (Å²) >= 11 is 0. The van der Waals surface area contributed by atoms with Crippen molar-refractivity contribution in [2.24, 2.45) is 0 Å². The molecule has 3 aromatic carbocycles. The van der Waals surface area contributed by atoms with Crippen LogP contribution in [0.3, 0.4) is 0 Å². The molecule has 0 aromatic heterocycles. The fraction of sp³-hybridized carbons (Fsp3) is 0.321. The van der Waals surface area contributed by atoms with Crippen LogP contribution in [0.25, 0.3) is 10.8 Å². The van der Waals surface area contributed by atoms with Gasteiger partial charge in [-0.1, -0.05) is 78.9 Å². The molecule has 1 fully saturated rings. The minimum Gasteiger partial charge on any atom is -0.468 e. The van der Waals surface area contributed by atoms with Crippen LogP contribution in [0.15, 0.2) is 84.9 Å². The highest BCUT2D eigenvalue weighted by atomic mass is 31.2. The summed E-state index contributed by atoms with van der Waals surface area (Å²) in [6, 6.07) is 22.9. The van der Waals surface area contributed by atoms with E-state index in [0.29, 0.717) is 6.42 Å². The molecular formula is C28H32NO5P. The predicted octanol–water partition coefficient (Wildman–Crippen LogP) is 6.43. The highest BCUT2D eigenvalue weighted by molar-refractivity contribution is 7.51. The van der Waals surface area contributed by atoms with Gasteiger partial charge in [-0.2, -0.15) is 4.67 Å². The van der Waals surface area contributed by atoms with Crippen LogP contribution < -0.4 is 0 Å². The minimum atomic E-state index is -3.79. The lowest BCUT2D eigenvalue weighted by Gasteiger charge is -2.50. The highest BCUT2D eigenvalue weighted by Crippen LogP contribution is 2.63. The fourth-order valence-corrected chi connectivity index (χ4v) is 7.17. The average Bonchev–Trinajstić information content (AvgIpc) is 2.88. The number of carbonyl (C=O) groups is 1. The molecule has 0 saturated carbocycles. The molecule has 0 aliphatic carbocycles. The first-order chi connectivity index (χ1) is 16.9. The Morgan fingerprint density at radius 1 is 1.00 bits per heavy atom. The number of rotatable bonds is 8. The van der Waals surface area contributed by atoms with E-state index in [1.165, 1.54) is 7.11 Å². The van der Waals surface area contributed by atoms with Crippen molar-refractivity contribution in [1.82, 2.24) is 4.67 Å². The normalized spacial score (nSPS) is 21.2. The average molecular weight is 494 g/mol. The Morgan fingerprint density at radius 3 is 2.26 bits per heavy atom. The molecule has 0 unspecified atom stereocenters. The number of hydrogen-bond donors (Lipinski definition) is 0. The summed E-state index contributed by atoms with van der Waals surface area (Å²) in [6.07, 6.45) is 0.340. The predicted molar refractivity (Wildman–Crippen MR) is 138 cm³/mol. The molecule has 0 amide bonds. The van der Waals surface area contributed by atoms with Crippen molar-refractivity contribution >= 4 is 24.5 Å². The highest BCUT2D eigenvalue weighted by Gasteiger charge is 2.58. The van der Waals surface area contributed by atoms with Gasteiger partial charge in [0.1, 0.15) is 5.41 Å². The van der Waals surface area contributed by atoms with Crippen molar-refractivity contribution in [1.29, 1.82) is 0 Å². The molecule has 3 aromatic rings. The maximum absolute atomic E-state index is 14.2. The molecule has 2 atom stereocenters. The van der Waals surface area contributed by atoms with Crippen LogP contribution in [0.2, 0.25) is 0 Å². The number of benzene rings is 3. The smallest absolute Gasteiger partial charge is 0.409 e. The molecule has 0 spiro atoms. The van der Waals surface area contributed by atoms with Gasteiger partial charge in [-0.3, -0.25) is 13.8 Å². The van der Waals surface area contributed by atoms with Gasteiger partial charge in [0.05, 0.1) is 26.4 Å². The molecule has 6 nitrogen and oxygen atoms in total. The van der Waals surface area contributed by atoms with Crippen LogP contribution in [-0.4, -0.2) is 37.5 Å². The molecule has 1 heterocycles. The van der Waals surface area contributed by atoms with Gasteiger partial charge in [0.15, 0.2) is 0 Å². The summed E-state index contributed by atoms with van der Waals surface area (Å²) in [5, 5.41) is 2.06. The van der Waals surface area contributed by atoms with Crippen molar-refractivity contribution in [3.8, 4) is 0 Å². The molecular weight excluding hydrogens is 461 g/mol. The number of fused-ring (bicyclic) bond motifs is 1. The summed E-state index contributed by atoms with van der Waals surface area (Å²) < 4.78 is 33.0. The van der Waals surface area contributed by atoms with Gasteiger partial charge in [-0.25, -0.2) is 4.57 Å². The topological polar surface area (TPSA) is 65.1 Å². The summed E-state index contributed by atoms with van der Waals surface area (Å²) in [7, 11) is -2.40. The second-order valence-electron chi connectivity index (χ2n) is 8.67. The van der Waals surface area contributed by atoms with E-state index in [0.717, 1.165) is 27.5 Å². The maximum Gasteiger partial charge on any atom is 0.409 e. The van der Waals surface area contributed by atoms with Crippen LogP contribution in [0.1, 0.15) is 37.4 Å². The molecule has 1 saturated heterocycles. The van der Waals surface area contributed by atoms with E-state index in [-0.39, 0.29) is 19.8 Å². The SMILES string of the molecule is C=C1CN(P(=O)(OCC)OCC)[C@@H](c2ccccc2)[C@](C(=O)OC)(c2ccc3ccccc3c2)C1. The Kier molecular flexibility index (Phi) is 7.58. The standard InChI is InChI=1S/C28H32NO5P/c1-5-33-35(31,34-6-2)29-20-21(3)19-28(27(30)32-4,26(29)23-13-8-7-9-14-23)25-17-16-22-12-10-11-15-24(22)18-25/h7-18,26H,3,5-6,19-20H2,1-2,4H3/t26-,28+/m0/s1. The Balaban J connectivity index is 2.04. The van der Waals surface area contributed by atoms with Crippen molar-refractivity contribution in [2.75, 3.05) is 26.9 Å². The maximum atomic E-state index is 14.2. The fourth-order valence-electron chi connectivity index (χ4n) is 5.16. The molecule has 0 radical (unpaired) electrons. The first-order valence-corrected chi connectivity index (χ1v) is 13.3. The number of ether oxygens (including phenoxy) is 1. The Hall–Kier alpha value is -2.76. The number of nitrogens with zero attached hydrogens (tertiary/aromatic N) is 1. The van der Waals surface area contributed by atoms with E-state index < -0.39 is 25.2 Å². The van der Waals surface area contributed by atoms with Gasteiger partial charge in [0.2, 0.25) is 0 Å². The van der Waals surface area contributed by atoms with Gasteiger partial charge in [-0.05, 0) is 48.2 Å². The molecule has 35 heavy (non-hydrogen) atoms. The molecule has 0 bridgehead atoms. The molecule has 1 aliphatic heterocycles. The van der Waals surface area contributed by atoms with Crippen LogP contribution >= 0.6 is 7.75 Å². The van der Waals surface area contributed by atoms with Crippen molar-refractivity contribution in [3.05, 3.63) is 96.1 Å². The van der Waals surface area contributed by atoms with E-state index in [1.807, 2.05) is 72.8 Å². The summed E-state index contributed by atoms with van der Waals surface area (Å²) in [5.74, 6) is -0.424. The number of esters is 1. The largest absolute Gasteiger partial charge is 0.468 e. The van der Waals surface area contributed by atoms with E-state index in [1.54, 1.807) is 18.5 Å². The number of hydrogen-bond acceptors (Lipinski definition) is 5. The lowest BCUT2D eigenvalue weighted by molar-refractivity contribution is -0.151. The molecule has 0 N–H and O–H groups in total. The quantitative estimate of drug-likeness (QED) is 0.205. The number of piperidine rings is 1. The zero-order valence-electron chi connectivity index (χ0n) is 20.5. The summed E-state index contributed by atoms with van der Waals surface area (Å²) in [4.78, 5) is 13.9. The molecule has 7 heteroatoms. The van der Waals surface area contributed by atoms with E-state index in [9.17, 15) is 9.36 Å². The van der Waals surface area contributed by atoms with Gasteiger partial charge < -0.3 is 4.74 Å². The van der Waals surface area contributed by atoms with Crippen LogP contribution in [0.5, 0.6) is 0 Å². The second-order valence-corrected chi connectivity index (χ2v) is 10.6. The lowest BCUT2D eigenvalue weighted by Crippen LogP contribution is -2.53. The third-order valence-electron chi connectivity index (χ3n) is 6.51. The van der Waals surface area contributed by atoms with Crippen molar-refractivity contribution < 1.29 is 23.1 Å². The zero-order valence-corrected chi connectivity index (χ0v) is 21.4. The third kappa shape index (κ3) is 4.60. The Labute approximate surface area is 207 Å². The number of carbonyl (C=O) groups excluding carboxylic acids is 1. The molecule has 184 valence electrons. The van der Waals surface area contributed by atoms with Crippen LogP contribution in [0.4, 0.5) is 0 Å². The first kappa shape index (κ1) is 25.3. The molecule has 1 aliphatic rings. The van der Waals surface area contributed by atoms with Gasteiger partial charge in [0, 0.05) is 6.54 Å². The van der Waals surface area contributed by atoms with Gasteiger partial charge in [-0.15, -0.1) is 0 Å². The monoisotopic (exact) mass is 493 g/mol. The van der Waals surface area contributed by atoms with Crippen LogP contribution in [0, 0.1) is 0 Å². The lowest BCUT2D eigenvalue weighted by atomic mass is 9.65. The van der Waals surface area contributed by atoms with E-state index in [2.05, 4.69) is 6.58 Å². The minimum absolute atomic E-state index is 0.197. The van der Waals surface area contributed by atoms with Gasteiger partial charge in [0.25, 0.3) is 0 Å². The first-order valence-electron chi connectivity index (χ1n) is 11.8. The van der Waals surface area contributed by atoms with Crippen LogP contribution in [-0.2, 0) is 28.6 Å². The Bertz CT molecular complexity index is 1250. The zero-order chi connectivity index (χ0) is 25.1. The van der Waals surface area contributed by atoms with E-state index in [4.69, 9.17) is 13.8 Å². The third-order valence-corrected chi connectivity index (χ3v) is 8.68. The van der Waals surface area contributed by atoms with Crippen molar-refractivity contribution in [2.45, 2.75) is 31.7 Å². The Morgan fingerprint density at radius 2 is 1.63 bits per heavy atom. The van der Waals surface area contributed by atoms with Gasteiger partial charge >= 0.3 is 13.7 Å². The van der Waals surface area contributed by atoms with Crippen molar-refractivity contribution in [3.63, 3.8) is 0 Å². The summed E-state index contributed by atoms with van der Waals surface area (Å²) in [6.45, 7) is 8.46. The second kappa shape index (κ2) is 10.5. The summed E-state index contributed by atoms with van der Waals surface area (Å²) in [5.41, 5.74) is 1.11.